The highest BCUT2D eigenvalue weighted by atomic mass is 127. The van der Waals surface area contributed by atoms with E-state index in [9.17, 15) is 0 Å². The van der Waals surface area contributed by atoms with Crippen molar-refractivity contribution in [3.8, 4) is 0 Å². The smallest absolute Gasteiger partial charge is 0.191 e. The Balaban J connectivity index is 0.00000484. The average Bonchev–Trinajstić information content (AvgIpc) is 2.52. The molecule has 0 aromatic heterocycles. The zero-order chi connectivity index (χ0) is 16.2. The molecule has 0 amide bonds. The van der Waals surface area contributed by atoms with Crippen molar-refractivity contribution in [3.63, 3.8) is 0 Å². The van der Waals surface area contributed by atoms with Crippen molar-refractivity contribution < 1.29 is 4.74 Å². The number of unbranched alkanes of at least 4 members (excludes halogenated alkanes) is 2. The molecule has 1 aromatic rings. The Morgan fingerprint density at radius 3 is 2.65 bits per heavy atom. The summed E-state index contributed by atoms with van der Waals surface area (Å²) in [5.74, 6) is 0.862. The number of hydrogen-bond donors (Lipinski definition) is 2. The van der Waals surface area contributed by atoms with Crippen LogP contribution in [0.15, 0.2) is 29.3 Å². The van der Waals surface area contributed by atoms with Crippen LogP contribution in [0.2, 0.25) is 0 Å². The van der Waals surface area contributed by atoms with E-state index in [1.54, 1.807) is 7.11 Å². The number of guanidine groups is 1. The molecular formula is C18H32IN3O. The van der Waals surface area contributed by atoms with Crippen molar-refractivity contribution in [2.24, 2.45) is 4.99 Å². The van der Waals surface area contributed by atoms with Crippen LogP contribution in [0.25, 0.3) is 0 Å². The van der Waals surface area contributed by atoms with Gasteiger partial charge in [0.15, 0.2) is 5.96 Å². The van der Waals surface area contributed by atoms with Gasteiger partial charge in [-0.1, -0.05) is 50.5 Å². The largest absolute Gasteiger partial charge is 0.380 e. The van der Waals surface area contributed by atoms with Crippen molar-refractivity contribution >= 4 is 29.9 Å². The van der Waals surface area contributed by atoms with Gasteiger partial charge in [-0.2, -0.15) is 0 Å². The van der Waals surface area contributed by atoms with Crippen molar-refractivity contribution in [3.05, 3.63) is 35.4 Å². The van der Waals surface area contributed by atoms with Gasteiger partial charge in [0.2, 0.25) is 0 Å². The van der Waals surface area contributed by atoms with Gasteiger partial charge < -0.3 is 15.4 Å². The van der Waals surface area contributed by atoms with Crippen LogP contribution in [0, 0.1) is 0 Å². The van der Waals surface area contributed by atoms with Crippen LogP contribution in [0.5, 0.6) is 0 Å². The van der Waals surface area contributed by atoms with E-state index in [1.807, 2.05) is 7.05 Å². The first kappa shape index (κ1) is 22.2. The minimum absolute atomic E-state index is 0. The lowest BCUT2D eigenvalue weighted by molar-refractivity contribution is 0.185. The molecule has 1 aromatic carbocycles. The van der Waals surface area contributed by atoms with Crippen LogP contribution in [-0.4, -0.2) is 26.2 Å². The standard InChI is InChI=1S/C18H31N3O.HI/c1-5-6-7-9-15(2)21-18(19-3)20-13-16-10-8-11-17(12-16)14-22-4;/h8,10-12,15H,5-7,9,13-14H2,1-4H3,(H2,19,20,21);1H. The number of benzene rings is 1. The molecule has 0 saturated heterocycles. The third-order valence-electron chi connectivity index (χ3n) is 3.61. The van der Waals surface area contributed by atoms with Gasteiger partial charge in [-0.25, -0.2) is 0 Å². The molecule has 0 aliphatic carbocycles. The predicted octanol–water partition coefficient (Wildman–Crippen LogP) is 4.08. The van der Waals surface area contributed by atoms with Crippen molar-refractivity contribution in [2.45, 2.75) is 58.7 Å². The van der Waals surface area contributed by atoms with E-state index in [-0.39, 0.29) is 24.0 Å². The summed E-state index contributed by atoms with van der Waals surface area (Å²) >= 11 is 0. The molecule has 1 rings (SSSR count). The number of hydrogen-bond acceptors (Lipinski definition) is 2. The van der Waals surface area contributed by atoms with Gasteiger partial charge in [-0.3, -0.25) is 4.99 Å². The summed E-state index contributed by atoms with van der Waals surface area (Å²) in [4.78, 5) is 4.30. The maximum atomic E-state index is 5.17. The fourth-order valence-corrected chi connectivity index (χ4v) is 2.38. The Morgan fingerprint density at radius 1 is 1.26 bits per heavy atom. The molecule has 1 atom stereocenters. The molecule has 0 aliphatic rings. The van der Waals surface area contributed by atoms with Crippen molar-refractivity contribution in [1.82, 2.24) is 10.6 Å². The molecule has 0 bridgehead atoms. The number of ether oxygens (including phenoxy) is 1. The van der Waals surface area contributed by atoms with Crippen molar-refractivity contribution in [1.29, 1.82) is 0 Å². The first-order valence-corrected chi connectivity index (χ1v) is 8.23. The lowest BCUT2D eigenvalue weighted by Crippen LogP contribution is -2.41. The molecule has 0 saturated carbocycles. The molecule has 0 aliphatic heterocycles. The zero-order valence-electron chi connectivity index (χ0n) is 14.9. The molecule has 23 heavy (non-hydrogen) atoms. The number of rotatable bonds is 9. The molecule has 132 valence electrons. The van der Waals surface area contributed by atoms with Gasteiger partial charge in [0.1, 0.15) is 0 Å². The van der Waals surface area contributed by atoms with Gasteiger partial charge in [-0.15, -0.1) is 24.0 Å². The van der Waals surface area contributed by atoms with Crippen LogP contribution in [0.3, 0.4) is 0 Å². The van der Waals surface area contributed by atoms with E-state index >= 15 is 0 Å². The number of nitrogens with one attached hydrogen (secondary N) is 2. The van der Waals surface area contributed by atoms with E-state index in [0.717, 1.165) is 12.5 Å². The number of nitrogens with zero attached hydrogens (tertiary/aromatic N) is 1. The van der Waals surface area contributed by atoms with E-state index < -0.39 is 0 Å². The third kappa shape index (κ3) is 9.81. The summed E-state index contributed by atoms with van der Waals surface area (Å²) < 4.78 is 5.17. The third-order valence-corrected chi connectivity index (χ3v) is 3.61. The molecule has 0 radical (unpaired) electrons. The maximum absolute atomic E-state index is 5.17. The van der Waals surface area contributed by atoms with Gasteiger partial charge >= 0.3 is 0 Å². The lowest BCUT2D eigenvalue weighted by Gasteiger charge is -2.18. The summed E-state index contributed by atoms with van der Waals surface area (Å²) in [6.07, 6.45) is 5.00. The summed E-state index contributed by atoms with van der Waals surface area (Å²) in [5.41, 5.74) is 2.42. The Kier molecular flexibility index (Phi) is 13.1. The highest BCUT2D eigenvalue weighted by molar-refractivity contribution is 14.0. The maximum Gasteiger partial charge on any atom is 0.191 e. The summed E-state index contributed by atoms with van der Waals surface area (Å²) in [6, 6.07) is 8.86. The fourth-order valence-electron chi connectivity index (χ4n) is 2.38. The second-order valence-electron chi connectivity index (χ2n) is 5.72. The second-order valence-corrected chi connectivity index (χ2v) is 5.72. The topological polar surface area (TPSA) is 45.7 Å². The van der Waals surface area contributed by atoms with Gasteiger partial charge in [-0.05, 0) is 24.5 Å². The van der Waals surface area contributed by atoms with Gasteiger partial charge in [0.05, 0.1) is 6.61 Å². The molecule has 1 unspecified atom stereocenters. The van der Waals surface area contributed by atoms with Crippen LogP contribution in [0.4, 0.5) is 0 Å². The monoisotopic (exact) mass is 433 g/mol. The lowest BCUT2D eigenvalue weighted by atomic mass is 10.1. The molecule has 0 spiro atoms. The highest BCUT2D eigenvalue weighted by Gasteiger charge is 2.05. The normalized spacial score (nSPS) is 12.4. The number of halogens is 1. The van der Waals surface area contributed by atoms with E-state index in [4.69, 9.17) is 4.74 Å². The molecular weight excluding hydrogens is 401 g/mol. The molecule has 2 N–H and O–H groups in total. The molecule has 0 fully saturated rings. The summed E-state index contributed by atoms with van der Waals surface area (Å²) in [7, 11) is 3.53. The number of methoxy groups -OCH3 is 1. The summed E-state index contributed by atoms with van der Waals surface area (Å²) in [6.45, 7) is 5.85. The number of aliphatic imine (C=N–C) groups is 1. The summed E-state index contributed by atoms with van der Waals surface area (Å²) in [5, 5.41) is 6.82. The quantitative estimate of drug-likeness (QED) is 0.267. The minimum Gasteiger partial charge on any atom is -0.380 e. The van der Waals surface area contributed by atoms with Crippen LogP contribution < -0.4 is 10.6 Å². The molecule has 5 heteroatoms. The van der Waals surface area contributed by atoms with E-state index in [0.29, 0.717) is 12.6 Å². The molecule has 4 nitrogen and oxygen atoms in total. The SMILES string of the molecule is CCCCCC(C)NC(=NC)NCc1cccc(COC)c1.I. The first-order valence-electron chi connectivity index (χ1n) is 8.23. The van der Waals surface area contributed by atoms with Crippen LogP contribution in [-0.2, 0) is 17.9 Å². The Labute approximate surface area is 158 Å². The van der Waals surface area contributed by atoms with Gasteiger partial charge in [0, 0.05) is 26.7 Å². The average molecular weight is 433 g/mol. The second kappa shape index (κ2) is 13.6. The van der Waals surface area contributed by atoms with Crippen LogP contribution >= 0.6 is 24.0 Å². The Bertz CT molecular complexity index is 452. The van der Waals surface area contributed by atoms with Gasteiger partial charge in [0.25, 0.3) is 0 Å². The predicted molar refractivity (Wildman–Crippen MR) is 110 cm³/mol. The zero-order valence-corrected chi connectivity index (χ0v) is 17.2. The Hall–Kier alpha value is -0.820. The fraction of sp³-hybridized carbons (Fsp3) is 0.611. The van der Waals surface area contributed by atoms with Crippen LogP contribution in [0.1, 0.15) is 50.7 Å². The Morgan fingerprint density at radius 2 is 2.00 bits per heavy atom. The van der Waals surface area contributed by atoms with E-state index in [1.165, 1.54) is 36.8 Å². The highest BCUT2D eigenvalue weighted by Crippen LogP contribution is 2.06. The van der Waals surface area contributed by atoms with E-state index in [2.05, 4.69) is 53.7 Å². The molecule has 0 heterocycles. The minimum atomic E-state index is 0. The first-order chi connectivity index (χ1) is 10.7. The van der Waals surface area contributed by atoms with Crippen molar-refractivity contribution in [2.75, 3.05) is 14.2 Å².